The van der Waals surface area contributed by atoms with Crippen molar-refractivity contribution in [2.45, 2.75) is 30.6 Å². The van der Waals surface area contributed by atoms with E-state index in [1.165, 1.54) is 18.7 Å². The fourth-order valence-electron chi connectivity index (χ4n) is 2.11. The van der Waals surface area contributed by atoms with Crippen LogP contribution in [0.2, 0.25) is 0 Å². The van der Waals surface area contributed by atoms with E-state index in [1.807, 2.05) is 11.8 Å². The molecule has 1 heterocycles. The van der Waals surface area contributed by atoms with Crippen LogP contribution in [0.4, 0.5) is 11.5 Å². The first-order valence-electron chi connectivity index (χ1n) is 5.69. The van der Waals surface area contributed by atoms with E-state index in [1.54, 1.807) is 0 Å². The first-order chi connectivity index (χ1) is 8.60. The Morgan fingerprint density at radius 1 is 1.61 bits per heavy atom. The Balaban J connectivity index is 2.04. The molecule has 0 bridgehead atoms. The molecule has 1 aromatic heterocycles. The van der Waals surface area contributed by atoms with Gasteiger partial charge >= 0.3 is 0 Å². The third kappa shape index (κ3) is 3.14. The van der Waals surface area contributed by atoms with Crippen molar-refractivity contribution in [2.24, 2.45) is 0 Å². The molecular weight excluding hydrogens is 318 g/mol. The second-order valence-electron chi connectivity index (χ2n) is 4.29. The van der Waals surface area contributed by atoms with Gasteiger partial charge in [-0.1, -0.05) is 0 Å². The van der Waals surface area contributed by atoms with Crippen molar-refractivity contribution in [1.29, 1.82) is 0 Å². The molecule has 1 aromatic rings. The summed E-state index contributed by atoms with van der Waals surface area (Å²) in [6.07, 6.45) is 6.87. The minimum atomic E-state index is -0.444. The Bertz CT molecular complexity index is 458. The van der Waals surface area contributed by atoms with Crippen LogP contribution >= 0.6 is 27.7 Å². The van der Waals surface area contributed by atoms with Crippen molar-refractivity contribution >= 4 is 39.2 Å². The van der Waals surface area contributed by atoms with Crippen molar-refractivity contribution in [3.8, 4) is 0 Å². The Hall–Kier alpha value is -0.820. The van der Waals surface area contributed by atoms with E-state index in [-0.39, 0.29) is 5.69 Å². The lowest BCUT2D eigenvalue weighted by Gasteiger charge is -2.14. The minimum Gasteiger partial charge on any atom is -0.366 e. The number of nitro groups is 1. The van der Waals surface area contributed by atoms with Crippen molar-refractivity contribution in [2.75, 3.05) is 11.6 Å². The summed E-state index contributed by atoms with van der Waals surface area (Å²) in [5.74, 6) is 0.687. The molecule has 0 radical (unpaired) electrons. The number of pyridine rings is 1. The molecular formula is C11H14BrN3O2S. The maximum absolute atomic E-state index is 10.6. The summed E-state index contributed by atoms with van der Waals surface area (Å²) in [6, 6.07) is 1.89. The third-order valence-corrected chi connectivity index (χ3v) is 4.80. The zero-order valence-corrected chi connectivity index (χ0v) is 12.3. The topological polar surface area (TPSA) is 68.1 Å². The summed E-state index contributed by atoms with van der Waals surface area (Å²) in [4.78, 5) is 14.3. The quantitative estimate of drug-likeness (QED) is 0.676. The average molecular weight is 332 g/mol. The molecule has 0 spiro atoms. The van der Waals surface area contributed by atoms with Gasteiger partial charge < -0.3 is 5.32 Å². The lowest BCUT2D eigenvalue weighted by molar-refractivity contribution is -0.385. The van der Waals surface area contributed by atoms with Crippen LogP contribution in [0.1, 0.15) is 19.3 Å². The number of hydrogen-bond acceptors (Lipinski definition) is 5. The Morgan fingerprint density at radius 3 is 2.94 bits per heavy atom. The van der Waals surface area contributed by atoms with Crippen LogP contribution < -0.4 is 5.32 Å². The molecule has 0 saturated heterocycles. The van der Waals surface area contributed by atoms with Gasteiger partial charge in [-0.15, -0.1) is 0 Å². The first kappa shape index (κ1) is 13.6. The molecule has 2 unspecified atom stereocenters. The normalized spacial score (nSPS) is 23.0. The molecule has 2 rings (SSSR count). The summed E-state index contributed by atoms with van der Waals surface area (Å²) >= 11 is 5.22. The molecule has 2 atom stereocenters. The number of nitrogens with one attached hydrogen (secondary N) is 1. The number of rotatable bonds is 4. The van der Waals surface area contributed by atoms with E-state index in [4.69, 9.17) is 0 Å². The number of thioether (sulfide) groups is 1. The second kappa shape index (κ2) is 5.88. The molecule has 0 amide bonds. The highest BCUT2D eigenvalue weighted by molar-refractivity contribution is 9.10. The fourth-order valence-corrected chi connectivity index (χ4v) is 3.36. The predicted octanol–water partition coefficient (Wildman–Crippen LogP) is 3.45. The second-order valence-corrected chi connectivity index (χ2v) is 6.29. The third-order valence-electron chi connectivity index (χ3n) is 3.10. The average Bonchev–Trinajstić information content (AvgIpc) is 2.79. The van der Waals surface area contributed by atoms with Gasteiger partial charge in [0.25, 0.3) is 5.69 Å². The number of hydrogen-bond donors (Lipinski definition) is 1. The highest BCUT2D eigenvalue weighted by Crippen LogP contribution is 2.32. The molecule has 7 heteroatoms. The maximum Gasteiger partial charge on any atom is 0.288 e. The largest absolute Gasteiger partial charge is 0.366 e. The summed E-state index contributed by atoms with van der Waals surface area (Å²) in [6.45, 7) is 0. The van der Waals surface area contributed by atoms with Gasteiger partial charge in [-0.05, 0) is 41.4 Å². The van der Waals surface area contributed by atoms with Crippen molar-refractivity contribution in [1.82, 2.24) is 4.98 Å². The minimum absolute atomic E-state index is 0.000775. The van der Waals surface area contributed by atoms with E-state index in [2.05, 4.69) is 32.5 Å². The van der Waals surface area contributed by atoms with E-state index in [0.717, 1.165) is 12.8 Å². The highest BCUT2D eigenvalue weighted by atomic mass is 79.9. The van der Waals surface area contributed by atoms with Gasteiger partial charge in [-0.25, -0.2) is 4.98 Å². The number of halogens is 1. The van der Waals surface area contributed by atoms with Crippen LogP contribution in [-0.4, -0.2) is 27.5 Å². The van der Waals surface area contributed by atoms with Crippen molar-refractivity contribution in [3.63, 3.8) is 0 Å². The molecule has 1 N–H and O–H groups in total. The van der Waals surface area contributed by atoms with Gasteiger partial charge in [-0.3, -0.25) is 10.1 Å². The van der Waals surface area contributed by atoms with Gasteiger partial charge in [0, 0.05) is 17.4 Å². The van der Waals surface area contributed by atoms with E-state index in [9.17, 15) is 10.1 Å². The highest BCUT2D eigenvalue weighted by Gasteiger charge is 2.24. The zero-order chi connectivity index (χ0) is 13.1. The molecule has 1 saturated carbocycles. The maximum atomic E-state index is 10.6. The number of nitrogens with zero attached hydrogens (tertiary/aromatic N) is 2. The van der Waals surface area contributed by atoms with Crippen LogP contribution in [0.5, 0.6) is 0 Å². The van der Waals surface area contributed by atoms with Gasteiger partial charge in [0.05, 0.1) is 9.40 Å². The summed E-state index contributed by atoms with van der Waals surface area (Å²) < 4.78 is 0.643. The Kier molecular flexibility index (Phi) is 4.45. The molecule has 1 fully saturated rings. The SMILES string of the molecule is CSC1CCC(Nc2ncc([N+](=O)[O-])cc2Br)C1. The Labute approximate surface area is 118 Å². The molecule has 1 aliphatic rings. The van der Waals surface area contributed by atoms with Gasteiger partial charge in [0.15, 0.2) is 0 Å². The Morgan fingerprint density at radius 2 is 2.39 bits per heavy atom. The predicted molar refractivity (Wildman–Crippen MR) is 77.2 cm³/mol. The van der Waals surface area contributed by atoms with Crippen LogP contribution in [-0.2, 0) is 0 Å². The molecule has 98 valence electrons. The van der Waals surface area contributed by atoms with Crippen LogP contribution in [0, 0.1) is 10.1 Å². The van der Waals surface area contributed by atoms with E-state index in [0.29, 0.717) is 21.6 Å². The number of aromatic nitrogens is 1. The van der Waals surface area contributed by atoms with E-state index < -0.39 is 4.92 Å². The lowest BCUT2D eigenvalue weighted by atomic mass is 10.2. The van der Waals surface area contributed by atoms with Gasteiger partial charge in [0.1, 0.15) is 12.0 Å². The van der Waals surface area contributed by atoms with Crippen LogP contribution in [0.3, 0.4) is 0 Å². The zero-order valence-electron chi connectivity index (χ0n) is 9.93. The summed E-state index contributed by atoms with van der Waals surface area (Å²) in [5, 5.41) is 14.7. The standard InChI is InChI=1S/C11H14BrN3O2S/c1-18-9-3-2-7(4-9)14-11-10(12)5-8(6-13-11)15(16)17/h5-7,9H,2-4H2,1H3,(H,13,14). The number of anilines is 1. The molecule has 5 nitrogen and oxygen atoms in total. The summed E-state index contributed by atoms with van der Waals surface area (Å²) in [7, 11) is 0. The van der Waals surface area contributed by atoms with Crippen molar-refractivity contribution in [3.05, 3.63) is 26.9 Å². The van der Waals surface area contributed by atoms with E-state index >= 15 is 0 Å². The first-order valence-corrected chi connectivity index (χ1v) is 7.77. The fraction of sp³-hybridized carbons (Fsp3) is 0.545. The monoisotopic (exact) mass is 331 g/mol. The smallest absolute Gasteiger partial charge is 0.288 e. The van der Waals surface area contributed by atoms with Crippen LogP contribution in [0.15, 0.2) is 16.7 Å². The lowest BCUT2D eigenvalue weighted by Crippen LogP contribution is -2.17. The van der Waals surface area contributed by atoms with Gasteiger partial charge in [0.2, 0.25) is 0 Å². The molecule has 0 aliphatic heterocycles. The molecule has 1 aliphatic carbocycles. The summed E-state index contributed by atoms with van der Waals surface area (Å²) in [5.41, 5.74) is 0.000775. The molecule has 18 heavy (non-hydrogen) atoms. The van der Waals surface area contributed by atoms with Crippen molar-refractivity contribution < 1.29 is 4.92 Å². The van der Waals surface area contributed by atoms with Crippen LogP contribution in [0.25, 0.3) is 0 Å². The van der Waals surface area contributed by atoms with Gasteiger partial charge in [-0.2, -0.15) is 11.8 Å². The molecule has 0 aromatic carbocycles.